The Morgan fingerprint density at radius 1 is 0.463 bits per heavy atom. The van der Waals surface area contributed by atoms with Crippen molar-refractivity contribution in [3.05, 3.63) is 343 Å². The van der Waals surface area contributed by atoms with Gasteiger partial charge in [-0.1, -0.05) is 310 Å². The number of fused-ring (bicyclic) bond motifs is 9. The van der Waals surface area contributed by atoms with Crippen molar-refractivity contribution >= 4 is 94.5 Å². The van der Waals surface area contributed by atoms with Crippen molar-refractivity contribution in [3.63, 3.8) is 0 Å². The van der Waals surface area contributed by atoms with Gasteiger partial charge < -0.3 is 29.0 Å². The third-order valence-corrected chi connectivity index (χ3v) is 21.7. The first-order valence-corrected chi connectivity index (χ1v) is 43.7. The number of hydrogen-bond acceptors (Lipinski definition) is 9. The van der Waals surface area contributed by atoms with Gasteiger partial charge in [0.2, 0.25) is 0 Å². The topological polar surface area (TPSA) is 148 Å². The van der Waals surface area contributed by atoms with E-state index in [4.69, 9.17) is 14.2 Å². The highest BCUT2D eigenvalue weighted by molar-refractivity contribution is 6.03. The number of nitrogens with zero attached hydrogens (tertiary/aromatic N) is 4. The summed E-state index contributed by atoms with van der Waals surface area (Å²) in [6.45, 7) is 37.1. The number of para-hydroxylation sites is 2. The minimum Gasteiger partial charge on any atom is -0.872 e. The standard InChI is InChI=1S/C25H22O4.C18H18.C15H20N2O3.C15H18.C14H16.C13H15N.C12H15N/c1-14(2)10-16-5-8-18(21(12-16)25(27)28)24-19-7-4-15(3)11-22(19)29-23-13-17(26)6-9-20(23)24;1-13(2)11-18-16-9-5-3-7-14(16)12-15-8-4-6-10-17(15)18;1-9(2)6-11-15(18)17(3)12-8-14(20-5)13(19-4)7-10(12)16-11;1-11(2)10-15-12(3)8-9-13-6-4-5-7-14(13)15;1-11(2)9-12-7-8-13-5-3-4-6-14(13)10-12;1-10(2)9-12-8-7-11-5-3-4-6-13(11)14-12;1-9(2)7-11-8-10-5-3-4-6-12(10)13-11/h4-9,11-14,26H,3,10H2,1-2H3,(H,27,28);3-10,12-13H,11H2,1-2H3;7-9H,6H2,1-5H3;4-9,11H,10H2,1-3H3;3-8,10-11H,9H2,1-2H3;3-8,10H,9H2,1-2H3;3-6,9H,7-8H2,1-2H3/p-1. The molecule has 4 heterocycles. The van der Waals surface area contributed by atoms with E-state index in [-0.39, 0.29) is 16.9 Å². The maximum atomic E-state index is 12.3. The molecule has 17 rings (SSSR count). The average Bonchev–Trinajstić information content (AvgIpc) is 1.64. The molecule has 123 heavy (non-hydrogen) atoms. The highest BCUT2D eigenvalue weighted by Crippen LogP contribution is 2.40. The number of ether oxygens (including phenoxy) is 3. The van der Waals surface area contributed by atoms with Crippen molar-refractivity contribution in [2.24, 2.45) is 53.5 Å². The lowest BCUT2D eigenvalue weighted by Crippen LogP contribution is -2.24. The predicted octanol–water partition coefficient (Wildman–Crippen LogP) is 25.9. The Hall–Kier alpha value is -12.5. The molecule has 11 heteroatoms. The summed E-state index contributed by atoms with van der Waals surface area (Å²) in [7, 11) is 4.91. The lowest BCUT2D eigenvalue weighted by atomic mass is 9.88. The number of aromatic carboxylic acids is 1. The van der Waals surface area contributed by atoms with Gasteiger partial charge in [0.15, 0.2) is 11.5 Å². The van der Waals surface area contributed by atoms with E-state index in [0.717, 1.165) is 82.1 Å². The molecular weight excluding hydrogens is 1510 g/mol. The van der Waals surface area contributed by atoms with Crippen molar-refractivity contribution in [2.75, 3.05) is 14.2 Å². The van der Waals surface area contributed by atoms with Gasteiger partial charge in [0.25, 0.3) is 5.56 Å². The lowest BCUT2D eigenvalue weighted by molar-refractivity contribution is -0.268. The van der Waals surface area contributed by atoms with Gasteiger partial charge in [-0.2, -0.15) is 0 Å². The van der Waals surface area contributed by atoms with Gasteiger partial charge in [-0.3, -0.25) is 14.8 Å². The second-order valence-electron chi connectivity index (χ2n) is 35.5. The number of carbonyl (C=O) groups is 1. The van der Waals surface area contributed by atoms with Gasteiger partial charge in [0.05, 0.1) is 42.0 Å². The Morgan fingerprint density at radius 3 is 1.60 bits per heavy atom. The molecule has 2 aliphatic rings. The van der Waals surface area contributed by atoms with Gasteiger partial charge in [-0.15, -0.1) is 5.75 Å². The summed E-state index contributed by atoms with van der Waals surface area (Å²) < 4.78 is 18.1. The predicted molar refractivity (Wildman–Crippen MR) is 516 cm³/mol. The smallest absolute Gasteiger partial charge is 0.336 e. The largest absolute Gasteiger partial charge is 0.872 e. The van der Waals surface area contributed by atoms with Gasteiger partial charge in [-0.25, -0.2) is 9.78 Å². The van der Waals surface area contributed by atoms with Crippen LogP contribution in [0.3, 0.4) is 0 Å². The molecule has 13 aromatic carbocycles. The first kappa shape index (κ1) is 91.3. The summed E-state index contributed by atoms with van der Waals surface area (Å²) >= 11 is 0. The number of aromatic nitrogens is 3. The molecule has 0 saturated carbocycles. The van der Waals surface area contributed by atoms with E-state index in [9.17, 15) is 19.8 Å². The van der Waals surface area contributed by atoms with E-state index in [0.29, 0.717) is 75.8 Å². The fourth-order valence-electron chi connectivity index (χ4n) is 16.1. The highest BCUT2D eigenvalue weighted by Gasteiger charge is 2.25. The van der Waals surface area contributed by atoms with E-state index in [2.05, 4.69) is 307 Å². The van der Waals surface area contributed by atoms with Crippen LogP contribution in [0.15, 0.2) is 271 Å². The molecule has 0 bridgehead atoms. The minimum absolute atomic E-state index is 0.0570. The monoisotopic (exact) mass is 1640 g/mol. The van der Waals surface area contributed by atoms with Crippen molar-refractivity contribution in [1.82, 2.24) is 14.5 Å². The number of aryl methyl sites for hydroxylation is 2. The fourth-order valence-corrected chi connectivity index (χ4v) is 16.1. The molecule has 15 aromatic rings. The number of aliphatic imine (C=N–C) groups is 1. The zero-order valence-corrected chi connectivity index (χ0v) is 75.4. The molecule has 0 spiro atoms. The van der Waals surface area contributed by atoms with Crippen molar-refractivity contribution in [3.8, 4) is 28.7 Å². The van der Waals surface area contributed by atoms with Gasteiger partial charge in [0, 0.05) is 58.7 Å². The maximum absolute atomic E-state index is 12.3. The van der Waals surface area contributed by atoms with Gasteiger partial charge in [-0.05, 0) is 223 Å². The minimum atomic E-state index is -0.984. The third kappa shape index (κ3) is 24.5. The number of carboxylic acid groups (broad SMARTS) is 1. The normalized spacial score (nSPS) is 11.8. The van der Waals surface area contributed by atoms with Gasteiger partial charge >= 0.3 is 5.97 Å². The SMILES string of the molecule is C=c1ccc2c(c1)Oc1cc([O-])ccc1C=2c1ccc(CC(C)C)cc1C(=O)O.CC(C)CC1=Nc2ccccc2C1.CC(C)Cc1c2ccccc2cc2ccccc12.CC(C)Cc1ccc2ccccc2c1.CC(C)Cc1ccc2ccccc2n1.COc1cc2nc(CC(C)C)c(=O)n(C)c2cc1OC.Cc1ccc2ccccc2c1CC(C)C. The first-order valence-electron chi connectivity index (χ1n) is 43.7. The van der Waals surface area contributed by atoms with E-state index in [1.807, 2.05) is 36.4 Å². The van der Waals surface area contributed by atoms with E-state index < -0.39 is 5.97 Å². The maximum Gasteiger partial charge on any atom is 0.336 e. The zero-order chi connectivity index (χ0) is 88.1. The quantitative estimate of drug-likeness (QED) is 0.0829. The lowest BCUT2D eigenvalue weighted by Gasteiger charge is -2.24. The second-order valence-corrected chi connectivity index (χ2v) is 35.5. The molecule has 0 fully saturated rings. The summed E-state index contributed by atoms with van der Waals surface area (Å²) in [5, 5.41) is 35.6. The fraction of sp³-hybridized carbons (Fsp3) is 0.295. The number of rotatable bonds is 18. The first-order chi connectivity index (χ1) is 59.0. The molecule has 0 amide bonds. The Bertz CT molecular complexity index is 6270. The molecular formula is C112H123N4O7-. The summed E-state index contributed by atoms with van der Waals surface area (Å²) in [4.78, 5) is 38.1. The second kappa shape index (κ2) is 42.8. The molecule has 0 atom stereocenters. The van der Waals surface area contributed by atoms with Crippen LogP contribution in [0.2, 0.25) is 0 Å². The summed E-state index contributed by atoms with van der Waals surface area (Å²) in [5.74, 6) is 5.36. The summed E-state index contributed by atoms with van der Waals surface area (Å²) in [6, 6.07) is 88.4. The van der Waals surface area contributed by atoms with E-state index in [1.165, 1.54) is 118 Å². The number of carboxylic acids is 1. The molecule has 1 N–H and O–H groups in total. The van der Waals surface area contributed by atoms with Crippen LogP contribution in [-0.2, 0) is 52.0 Å². The Balaban J connectivity index is 0.000000142. The van der Waals surface area contributed by atoms with Crippen molar-refractivity contribution in [1.29, 1.82) is 0 Å². The Morgan fingerprint density at radius 2 is 0.984 bits per heavy atom. The van der Waals surface area contributed by atoms with Gasteiger partial charge in [0.1, 0.15) is 17.2 Å². The van der Waals surface area contributed by atoms with Crippen LogP contribution in [0, 0.1) is 48.3 Å². The van der Waals surface area contributed by atoms with Crippen LogP contribution >= 0.6 is 0 Å². The van der Waals surface area contributed by atoms with Crippen LogP contribution in [0.4, 0.5) is 5.69 Å². The number of benzene rings is 13. The molecule has 2 aliphatic heterocycles. The molecule has 0 radical (unpaired) electrons. The number of hydrogen-bond donors (Lipinski definition) is 1. The van der Waals surface area contributed by atoms with E-state index >= 15 is 0 Å². The number of pyridine rings is 1. The molecule has 11 nitrogen and oxygen atoms in total. The molecule has 634 valence electrons. The van der Waals surface area contributed by atoms with Crippen molar-refractivity contribution in [2.45, 2.75) is 155 Å². The molecule has 2 aromatic heterocycles. The van der Waals surface area contributed by atoms with Crippen molar-refractivity contribution < 1.29 is 29.2 Å². The molecule has 0 saturated heterocycles. The zero-order valence-electron chi connectivity index (χ0n) is 75.4. The van der Waals surface area contributed by atoms with Crippen LogP contribution in [-0.4, -0.2) is 45.5 Å². The van der Waals surface area contributed by atoms with Crippen LogP contribution < -0.4 is 35.3 Å². The molecule has 0 aliphatic carbocycles. The van der Waals surface area contributed by atoms with Crippen LogP contribution in [0.25, 0.3) is 77.2 Å². The Labute approximate surface area is 728 Å². The Kier molecular flexibility index (Phi) is 31.8. The average molecular weight is 1640 g/mol. The summed E-state index contributed by atoms with van der Waals surface area (Å²) in [5.41, 5.74) is 17.4. The van der Waals surface area contributed by atoms with Crippen LogP contribution in [0.5, 0.6) is 28.7 Å². The highest BCUT2D eigenvalue weighted by atomic mass is 16.5. The van der Waals surface area contributed by atoms with E-state index in [1.54, 1.807) is 56.2 Å². The number of methoxy groups -OCH3 is 2. The summed E-state index contributed by atoms with van der Waals surface area (Å²) in [6.07, 6.45) is 8.21. The van der Waals surface area contributed by atoms with Crippen LogP contribution in [0.1, 0.15) is 170 Å². The third-order valence-electron chi connectivity index (χ3n) is 21.7. The molecule has 0 unspecified atom stereocenters.